The molecule has 3 rings (SSSR count). The largest absolute Gasteiger partial charge is 0.493 e. The highest BCUT2D eigenvalue weighted by atomic mass is 16.5. The molecule has 1 aliphatic heterocycles. The fourth-order valence-corrected chi connectivity index (χ4v) is 3.37. The number of rotatable bonds is 7. The zero-order valence-electron chi connectivity index (χ0n) is 14.9. The van der Waals surface area contributed by atoms with Crippen LogP contribution in [-0.4, -0.2) is 40.7 Å². The molecule has 1 aromatic heterocycles. The Morgan fingerprint density at radius 2 is 2.28 bits per heavy atom. The number of hydrogen-bond acceptors (Lipinski definition) is 3. The molecule has 1 aliphatic rings. The number of benzene rings is 1. The summed E-state index contributed by atoms with van der Waals surface area (Å²) in [4.78, 5) is 14.5. The van der Waals surface area contributed by atoms with Gasteiger partial charge < -0.3 is 9.64 Å². The van der Waals surface area contributed by atoms with Gasteiger partial charge in [-0.15, -0.1) is 0 Å². The molecule has 25 heavy (non-hydrogen) atoms. The smallest absolute Gasteiger partial charge is 0.222 e. The van der Waals surface area contributed by atoms with Gasteiger partial charge in [0.05, 0.1) is 12.8 Å². The van der Waals surface area contributed by atoms with Gasteiger partial charge in [0.15, 0.2) is 0 Å². The molecule has 0 unspecified atom stereocenters. The summed E-state index contributed by atoms with van der Waals surface area (Å²) >= 11 is 0. The van der Waals surface area contributed by atoms with Crippen molar-refractivity contribution in [3.8, 4) is 5.75 Å². The number of aryl methyl sites for hydroxylation is 2. The molecule has 1 atom stereocenters. The molecule has 2 aromatic rings. The van der Waals surface area contributed by atoms with E-state index >= 15 is 0 Å². The van der Waals surface area contributed by atoms with E-state index in [9.17, 15) is 4.79 Å². The van der Waals surface area contributed by atoms with E-state index in [-0.39, 0.29) is 5.91 Å². The topological polar surface area (TPSA) is 58.2 Å². The van der Waals surface area contributed by atoms with Crippen molar-refractivity contribution < 1.29 is 9.53 Å². The maximum absolute atomic E-state index is 12.5. The second-order valence-corrected chi connectivity index (χ2v) is 6.88. The summed E-state index contributed by atoms with van der Waals surface area (Å²) in [7, 11) is 0. The third kappa shape index (κ3) is 5.08. The monoisotopic (exact) mass is 341 g/mol. The second kappa shape index (κ2) is 8.70. The van der Waals surface area contributed by atoms with Crippen LogP contribution in [0.2, 0.25) is 0 Å². The van der Waals surface area contributed by atoms with Crippen LogP contribution in [0.1, 0.15) is 36.8 Å². The Hall–Kier alpha value is -2.30. The van der Waals surface area contributed by atoms with Gasteiger partial charge in [-0.1, -0.05) is 18.2 Å². The number of para-hydroxylation sites is 1. The van der Waals surface area contributed by atoms with Crippen LogP contribution in [-0.2, 0) is 11.2 Å². The summed E-state index contributed by atoms with van der Waals surface area (Å²) in [5.74, 6) is 1.64. The van der Waals surface area contributed by atoms with Crippen molar-refractivity contribution in [3.05, 3.63) is 47.8 Å². The Labute approximate surface area is 149 Å². The van der Waals surface area contributed by atoms with Crippen molar-refractivity contribution in [2.24, 2.45) is 5.92 Å². The maximum Gasteiger partial charge on any atom is 0.222 e. The van der Waals surface area contributed by atoms with E-state index in [0.29, 0.717) is 18.9 Å². The molecular weight excluding hydrogens is 314 g/mol. The third-order valence-electron chi connectivity index (χ3n) is 4.85. The number of likely N-dealkylation sites (tertiary alicyclic amines) is 1. The van der Waals surface area contributed by atoms with Gasteiger partial charge in [-0.3, -0.25) is 9.89 Å². The molecule has 0 aliphatic carbocycles. The predicted molar refractivity (Wildman–Crippen MR) is 97.5 cm³/mol. The molecule has 1 aromatic carbocycles. The van der Waals surface area contributed by atoms with Gasteiger partial charge in [0.2, 0.25) is 5.91 Å². The molecule has 134 valence electrons. The molecule has 0 saturated carbocycles. The molecule has 1 amide bonds. The van der Waals surface area contributed by atoms with Crippen molar-refractivity contribution in [3.63, 3.8) is 0 Å². The summed E-state index contributed by atoms with van der Waals surface area (Å²) in [6, 6.07) is 8.09. The minimum absolute atomic E-state index is 0.268. The fourth-order valence-electron chi connectivity index (χ4n) is 3.37. The van der Waals surface area contributed by atoms with E-state index in [1.54, 1.807) is 0 Å². The summed E-state index contributed by atoms with van der Waals surface area (Å²) < 4.78 is 5.99. The first-order valence-corrected chi connectivity index (χ1v) is 9.16. The number of H-pyrrole nitrogens is 1. The Kier molecular flexibility index (Phi) is 6.09. The molecule has 0 radical (unpaired) electrons. The summed E-state index contributed by atoms with van der Waals surface area (Å²) in [5.41, 5.74) is 2.32. The molecule has 5 nitrogen and oxygen atoms in total. The number of aromatic amines is 1. The van der Waals surface area contributed by atoms with Gasteiger partial charge in [-0.05, 0) is 49.8 Å². The SMILES string of the molecule is Cc1ccccc1OC[C@@H]1CCCN(C(=O)CCCc2cn[nH]c2)C1. The standard InChI is InChI=1S/C20H27N3O2/c1-16-6-2-3-9-19(16)25-15-18-8-5-11-23(14-18)20(24)10-4-7-17-12-21-22-13-17/h2-3,6,9,12-13,18H,4-5,7-8,10-11,14-15H2,1H3,(H,21,22)/t18-/m1/s1. The number of aromatic nitrogens is 2. The van der Waals surface area contributed by atoms with Gasteiger partial charge in [-0.25, -0.2) is 0 Å². The van der Waals surface area contributed by atoms with Crippen molar-refractivity contribution >= 4 is 5.91 Å². The van der Waals surface area contributed by atoms with Crippen LogP contribution < -0.4 is 4.74 Å². The normalized spacial score (nSPS) is 17.5. The van der Waals surface area contributed by atoms with Gasteiger partial charge in [0, 0.05) is 31.6 Å². The number of hydrogen-bond donors (Lipinski definition) is 1. The number of nitrogens with one attached hydrogen (secondary N) is 1. The highest BCUT2D eigenvalue weighted by Gasteiger charge is 2.24. The number of nitrogens with zero attached hydrogens (tertiary/aromatic N) is 2. The first-order valence-electron chi connectivity index (χ1n) is 9.16. The summed E-state index contributed by atoms with van der Waals surface area (Å²) in [6.07, 6.45) is 8.29. The molecule has 1 N–H and O–H groups in total. The zero-order chi connectivity index (χ0) is 17.5. The predicted octanol–water partition coefficient (Wildman–Crippen LogP) is 3.36. The lowest BCUT2D eigenvalue weighted by Crippen LogP contribution is -2.41. The highest BCUT2D eigenvalue weighted by molar-refractivity contribution is 5.76. The van der Waals surface area contributed by atoms with Crippen LogP contribution in [0, 0.1) is 12.8 Å². The lowest BCUT2D eigenvalue weighted by molar-refractivity contribution is -0.133. The number of carbonyl (C=O) groups is 1. The Bertz CT molecular complexity index is 669. The van der Waals surface area contributed by atoms with Crippen LogP contribution in [0.5, 0.6) is 5.75 Å². The summed E-state index contributed by atoms with van der Waals surface area (Å²) in [6.45, 7) is 4.44. The van der Waals surface area contributed by atoms with E-state index in [1.165, 1.54) is 0 Å². The van der Waals surface area contributed by atoms with E-state index in [0.717, 1.165) is 55.6 Å². The fraction of sp³-hybridized carbons (Fsp3) is 0.500. The zero-order valence-corrected chi connectivity index (χ0v) is 14.9. The number of carbonyl (C=O) groups excluding carboxylic acids is 1. The van der Waals surface area contributed by atoms with Gasteiger partial charge in [0.25, 0.3) is 0 Å². The second-order valence-electron chi connectivity index (χ2n) is 6.88. The molecule has 1 saturated heterocycles. The highest BCUT2D eigenvalue weighted by Crippen LogP contribution is 2.21. The average molecular weight is 341 g/mol. The van der Waals surface area contributed by atoms with Crippen LogP contribution in [0.3, 0.4) is 0 Å². The molecule has 5 heteroatoms. The Balaban J connectivity index is 1.42. The van der Waals surface area contributed by atoms with Crippen molar-refractivity contribution in [2.45, 2.75) is 39.0 Å². The Morgan fingerprint density at radius 1 is 1.40 bits per heavy atom. The molecule has 1 fully saturated rings. The number of amides is 1. The molecular formula is C20H27N3O2. The van der Waals surface area contributed by atoms with Crippen molar-refractivity contribution in [1.29, 1.82) is 0 Å². The first-order chi connectivity index (χ1) is 12.2. The average Bonchev–Trinajstić information content (AvgIpc) is 3.15. The molecule has 2 heterocycles. The number of ether oxygens (including phenoxy) is 1. The van der Waals surface area contributed by atoms with Crippen LogP contribution >= 0.6 is 0 Å². The Morgan fingerprint density at radius 3 is 3.08 bits per heavy atom. The lowest BCUT2D eigenvalue weighted by Gasteiger charge is -2.33. The van der Waals surface area contributed by atoms with Gasteiger partial charge in [0.1, 0.15) is 5.75 Å². The third-order valence-corrected chi connectivity index (χ3v) is 4.85. The van der Waals surface area contributed by atoms with Crippen molar-refractivity contribution in [1.82, 2.24) is 15.1 Å². The van der Waals surface area contributed by atoms with Crippen LogP contribution in [0.25, 0.3) is 0 Å². The maximum atomic E-state index is 12.5. The van der Waals surface area contributed by atoms with E-state index < -0.39 is 0 Å². The summed E-state index contributed by atoms with van der Waals surface area (Å²) in [5, 5.41) is 6.75. The van der Waals surface area contributed by atoms with E-state index in [1.807, 2.05) is 35.5 Å². The first kappa shape index (κ1) is 17.5. The lowest BCUT2D eigenvalue weighted by atomic mass is 9.98. The molecule has 0 bridgehead atoms. The van der Waals surface area contributed by atoms with E-state index in [4.69, 9.17) is 4.74 Å². The number of piperidine rings is 1. The quantitative estimate of drug-likeness (QED) is 0.840. The minimum Gasteiger partial charge on any atom is -0.493 e. The molecule has 0 spiro atoms. The van der Waals surface area contributed by atoms with Gasteiger partial charge in [-0.2, -0.15) is 5.10 Å². The van der Waals surface area contributed by atoms with Crippen molar-refractivity contribution in [2.75, 3.05) is 19.7 Å². The van der Waals surface area contributed by atoms with E-state index in [2.05, 4.69) is 23.2 Å². The van der Waals surface area contributed by atoms with Gasteiger partial charge >= 0.3 is 0 Å². The van der Waals surface area contributed by atoms with Crippen LogP contribution in [0.4, 0.5) is 0 Å². The minimum atomic E-state index is 0.268. The van der Waals surface area contributed by atoms with Crippen LogP contribution in [0.15, 0.2) is 36.7 Å².